The molecule has 0 unspecified atom stereocenters. The zero-order valence-electron chi connectivity index (χ0n) is 13.5. The van der Waals surface area contributed by atoms with Crippen LogP contribution < -0.4 is 5.46 Å². The van der Waals surface area contributed by atoms with Crippen LogP contribution in [0.2, 0.25) is 0 Å². The van der Waals surface area contributed by atoms with E-state index >= 15 is 0 Å². The van der Waals surface area contributed by atoms with E-state index in [4.69, 9.17) is 9.31 Å². The highest BCUT2D eigenvalue weighted by atomic mass is 19.2. The van der Waals surface area contributed by atoms with Gasteiger partial charge in [0, 0.05) is 11.0 Å². The van der Waals surface area contributed by atoms with E-state index < -0.39 is 35.9 Å². The molecule has 1 aromatic rings. The maximum absolute atomic E-state index is 14.3. The zero-order chi connectivity index (χ0) is 16.9. The van der Waals surface area contributed by atoms with E-state index in [2.05, 4.69) is 4.74 Å². The summed E-state index contributed by atoms with van der Waals surface area (Å²) in [5.41, 5.74) is -1.70. The monoisotopic (exact) mass is 312 g/mol. The first-order chi connectivity index (χ1) is 10.0. The molecule has 0 bridgehead atoms. The first kappa shape index (κ1) is 16.9. The van der Waals surface area contributed by atoms with E-state index in [0.29, 0.717) is 0 Å². The topological polar surface area (TPSA) is 44.8 Å². The highest BCUT2D eigenvalue weighted by Crippen LogP contribution is 2.37. The predicted octanol–water partition coefficient (Wildman–Crippen LogP) is 2.36. The van der Waals surface area contributed by atoms with Gasteiger partial charge in [-0.2, -0.15) is 0 Å². The Hall–Kier alpha value is -1.47. The van der Waals surface area contributed by atoms with Crippen LogP contribution >= 0.6 is 0 Å². The standard InChI is InChI=1S/C15H19BF2O4/c1-8-9(13(19)20-6)7-10(12(18)11(8)17)16-21-14(2,3)15(4,5)22-16/h7H,1-6H3. The van der Waals surface area contributed by atoms with Gasteiger partial charge < -0.3 is 14.0 Å². The van der Waals surface area contributed by atoms with Crippen molar-refractivity contribution in [2.24, 2.45) is 0 Å². The highest BCUT2D eigenvalue weighted by molar-refractivity contribution is 6.62. The summed E-state index contributed by atoms with van der Waals surface area (Å²) < 4.78 is 44.4. The Bertz CT molecular complexity index is 612. The van der Waals surface area contributed by atoms with Gasteiger partial charge in [-0.1, -0.05) is 0 Å². The van der Waals surface area contributed by atoms with Gasteiger partial charge in [0.2, 0.25) is 0 Å². The number of methoxy groups -OCH3 is 1. The van der Waals surface area contributed by atoms with E-state index in [0.717, 1.165) is 0 Å². The fraction of sp³-hybridized carbons (Fsp3) is 0.533. The normalized spacial score (nSPS) is 19.4. The molecule has 7 heteroatoms. The average Bonchev–Trinajstić information content (AvgIpc) is 2.64. The molecule has 1 aliphatic heterocycles. The number of esters is 1. The first-order valence-corrected chi connectivity index (χ1v) is 6.94. The molecule has 0 radical (unpaired) electrons. The zero-order valence-corrected chi connectivity index (χ0v) is 13.5. The van der Waals surface area contributed by atoms with Gasteiger partial charge in [-0.05, 0) is 40.7 Å². The molecule has 1 heterocycles. The Labute approximate surface area is 128 Å². The summed E-state index contributed by atoms with van der Waals surface area (Å²) in [5.74, 6) is -2.93. The van der Waals surface area contributed by atoms with Gasteiger partial charge in [0.05, 0.1) is 23.9 Å². The van der Waals surface area contributed by atoms with Crippen molar-refractivity contribution in [2.45, 2.75) is 45.8 Å². The summed E-state index contributed by atoms with van der Waals surface area (Å²) >= 11 is 0. The molecular formula is C15H19BF2O4. The third-order valence-electron chi connectivity index (χ3n) is 4.39. The fourth-order valence-corrected chi connectivity index (χ4v) is 2.20. The van der Waals surface area contributed by atoms with Gasteiger partial charge in [0.15, 0.2) is 11.6 Å². The van der Waals surface area contributed by atoms with Crippen LogP contribution in [0.5, 0.6) is 0 Å². The Morgan fingerprint density at radius 3 is 2.09 bits per heavy atom. The largest absolute Gasteiger partial charge is 0.497 e. The molecule has 0 aromatic heterocycles. The molecule has 22 heavy (non-hydrogen) atoms. The Kier molecular flexibility index (Phi) is 4.08. The number of carbonyl (C=O) groups excluding carboxylic acids is 1. The molecule has 0 N–H and O–H groups in total. The van der Waals surface area contributed by atoms with Crippen molar-refractivity contribution < 1.29 is 27.6 Å². The number of hydrogen-bond acceptors (Lipinski definition) is 4. The minimum Gasteiger partial charge on any atom is -0.465 e. The number of benzene rings is 1. The van der Waals surface area contributed by atoms with Crippen LogP contribution in [0.3, 0.4) is 0 Å². The smallest absolute Gasteiger partial charge is 0.465 e. The lowest BCUT2D eigenvalue weighted by molar-refractivity contribution is 0.00578. The Morgan fingerprint density at radius 2 is 1.64 bits per heavy atom. The molecular weight excluding hydrogens is 293 g/mol. The van der Waals surface area contributed by atoms with Gasteiger partial charge in [0.1, 0.15) is 0 Å². The molecule has 2 rings (SSSR count). The maximum Gasteiger partial charge on any atom is 0.497 e. The number of hydrogen-bond donors (Lipinski definition) is 0. The molecule has 1 saturated heterocycles. The quantitative estimate of drug-likeness (QED) is 0.621. The van der Waals surface area contributed by atoms with Crippen molar-refractivity contribution in [3.8, 4) is 0 Å². The lowest BCUT2D eigenvalue weighted by Crippen LogP contribution is -2.41. The van der Waals surface area contributed by atoms with E-state index in [1.807, 2.05) is 0 Å². The molecule has 0 spiro atoms. The summed E-state index contributed by atoms with van der Waals surface area (Å²) in [4.78, 5) is 11.7. The van der Waals surface area contributed by atoms with E-state index in [1.165, 1.54) is 20.1 Å². The van der Waals surface area contributed by atoms with Crippen LogP contribution in [0, 0.1) is 18.6 Å². The summed E-state index contributed by atoms with van der Waals surface area (Å²) in [6, 6.07) is 1.22. The van der Waals surface area contributed by atoms with Crippen LogP contribution in [0.4, 0.5) is 8.78 Å². The number of carbonyl (C=O) groups is 1. The lowest BCUT2D eigenvalue weighted by Gasteiger charge is -2.32. The number of halogens is 2. The van der Waals surface area contributed by atoms with Gasteiger partial charge in [-0.25, -0.2) is 13.6 Å². The molecule has 0 saturated carbocycles. The van der Waals surface area contributed by atoms with Crippen molar-refractivity contribution >= 4 is 18.6 Å². The SMILES string of the molecule is COC(=O)c1cc(B2OC(C)(C)C(C)(C)O2)c(F)c(F)c1C. The first-order valence-electron chi connectivity index (χ1n) is 6.94. The Morgan fingerprint density at radius 1 is 1.14 bits per heavy atom. The molecule has 120 valence electrons. The second kappa shape index (κ2) is 5.31. The summed E-state index contributed by atoms with van der Waals surface area (Å²) in [6.07, 6.45) is 0. The van der Waals surface area contributed by atoms with Crippen LogP contribution in [0.25, 0.3) is 0 Å². The van der Waals surface area contributed by atoms with E-state index in [-0.39, 0.29) is 16.6 Å². The minimum absolute atomic E-state index is 0.0499. The maximum atomic E-state index is 14.3. The van der Waals surface area contributed by atoms with Crippen LogP contribution in [-0.4, -0.2) is 31.4 Å². The molecule has 0 aliphatic carbocycles. The summed E-state index contributed by atoms with van der Waals surface area (Å²) in [5, 5.41) is 0. The molecule has 1 aromatic carbocycles. The molecule has 1 fully saturated rings. The molecule has 0 atom stereocenters. The average molecular weight is 312 g/mol. The van der Waals surface area contributed by atoms with Crippen molar-refractivity contribution in [3.63, 3.8) is 0 Å². The second-order valence-electron chi connectivity index (χ2n) is 6.35. The molecule has 0 amide bonds. The van der Waals surface area contributed by atoms with Gasteiger partial charge >= 0.3 is 13.1 Å². The summed E-state index contributed by atoms with van der Waals surface area (Å²) in [7, 11) is 0.0841. The second-order valence-corrected chi connectivity index (χ2v) is 6.35. The lowest BCUT2D eigenvalue weighted by atomic mass is 9.77. The van der Waals surface area contributed by atoms with Crippen molar-refractivity contribution in [3.05, 3.63) is 28.8 Å². The van der Waals surface area contributed by atoms with Crippen LogP contribution in [-0.2, 0) is 14.0 Å². The van der Waals surface area contributed by atoms with Crippen molar-refractivity contribution in [2.75, 3.05) is 7.11 Å². The van der Waals surface area contributed by atoms with E-state index in [9.17, 15) is 13.6 Å². The molecule has 1 aliphatic rings. The van der Waals surface area contributed by atoms with Crippen LogP contribution in [0.15, 0.2) is 6.07 Å². The predicted molar refractivity (Wildman–Crippen MR) is 78.2 cm³/mol. The minimum atomic E-state index is -1.10. The molecule has 4 nitrogen and oxygen atoms in total. The number of rotatable bonds is 2. The third-order valence-corrected chi connectivity index (χ3v) is 4.39. The van der Waals surface area contributed by atoms with Crippen LogP contribution in [0.1, 0.15) is 43.6 Å². The Balaban J connectivity index is 2.53. The van der Waals surface area contributed by atoms with Crippen molar-refractivity contribution in [1.29, 1.82) is 0 Å². The highest BCUT2D eigenvalue weighted by Gasteiger charge is 2.53. The van der Waals surface area contributed by atoms with Gasteiger partial charge in [-0.3, -0.25) is 0 Å². The fourth-order valence-electron chi connectivity index (χ4n) is 2.20. The van der Waals surface area contributed by atoms with E-state index in [1.54, 1.807) is 27.7 Å². The summed E-state index contributed by atoms with van der Waals surface area (Å²) in [6.45, 7) is 8.53. The van der Waals surface area contributed by atoms with Gasteiger partial charge in [0.25, 0.3) is 0 Å². The number of ether oxygens (including phenoxy) is 1. The van der Waals surface area contributed by atoms with Crippen molar-refractivity contribution in [1.82, 2.24) is 0 Å². The third kappa shape index (κ3) is 2.52. The van der Waals surface area contributed by atoms with Gasteiger partial charge in [-0.15, -0.1) is 0 Å².